The van der Waals surface area contributed by atoms with E-state index in [1.54, 1.807) is 30.4 Å². The molecule has 0 saturated carbocycles. The predicted molar refractivity (Wildman–Crippen MR) is 122 cm³/mol. The second-order valence-electron chi connectivity index (χ2n) is 8.69. The molecular formula is C24H24F3N5O3. The lowest BCUT2D eigenvalue weighted by Gasteiger charge is -2.25. The van der Waals surface area contributed by atoms with Crippen LogP contribution < -0.4 is 10.1 Å². The molecule has 2 fully saturated rings. The zero-order valence-corrected chi connectivity index (χ0v) is 19.0. The number of carbonyl (C=O) groups is 1. The first-order valence-corrected chi connectivity index (χ1v) is 11.4. The molecule has 1 N–H and O–H groups in total. The number of hydrogen-bond acceptors (Lipinski definition) is 7. The number of halogens is 3. The van der Waals surface area contributed by atoms with Gasteiger partial charge in [0.2, 0.25) is 5.91 Å². The Kier molecular flexibility index (Phi) is 6.18. The minimum atomic E-state index is -4.53. The van der Waals surface area contributed by atoms with Gasteiger partial charge in [-0.15, -0.1) is 10.2 Å². The first kappa shape index (κ1) is 23.3. The molecule has 0 bridgehead atoms. The molecule has 0 radical (unpaired) electrons. The highest BCUT2D eigenvalue weighted by Crippen LogP contribution is 2.40. The molecular weight excluding hydrogens is 463 g/mol. The van der Waals surface area contributed by atoms with E-state index in [0.717, 1.165) is 25.0 Å². The second kappa shape index (κ2) is 9.29. The van der Waals surface area contributed by atoms with Crippen LogP contribution in [0.1, 0.15) is 31.2 Å². The first-order valence-electron chi connectivity index (χ1n) is 11.4. The number of hydrogen-bond donors (Lipinski definition) is 1. The van der Waals surface area contributed by atoms with Crippen LogP contribution in [0.25, 0.3) is 22.0 Å². The smallest absolute Gasteiger partial charge is 0.416 e. The van der Waals surface area contributed by atoms with Gasteiger partial charge in [-0.2, -0.15) is 13.2 Å². The lowest BCUT2D eigenvalue weighted by atomic mass is 10.0. The Morgan fingerprint density at radius 2 is 2.00 bits per heavy atom. The normalized spacial score (nSPS) is 20.9. The minimum absolute atomic E-state index is 0.0208. The second-order valence-corrected chi connectivity index (χ2v) is 8.69. The largest absolute Gasteiger partial charge is 0.464 e. The lowest BCUT2D eigenvalue weighted by molar-refractivity contribution is -0.138. The quantitative estimate of drug-likeness (QED) is 0.575. The SMILES string of the molecule is CN1CC[C@@H](Nc2nnc(-c3ccc(C(F)(F)F)cc3OC3CCCCO3)c3ccncc23)C1=O. The van der Waals surface area contributed by atoms with Gasteiger partial charge in [0, 0.05) is 48.7 Å². The molecule has 2 aliphatic rings. The third-order valence-corrected chi connectivity index (χ3v) is 6.28. The van der Waals surface area contributed by atoms with Gasteiger partial charge >= 0.3 is 6.18 Å². The van der Waals surface area contributed by atoms with Crippen LogP contribution in [0, 0.1) is 0 Å². The molecule has 8 nitrogen and oxygen atoms in total. The molecule has 3 aromatic rings. The van der Waals surface area contributed by atoms with E-state index in [4.69, 9.17) is 9.47 Å². The molecule has 11 heteroatoms. The fourth-order valence-electron chi connectivity index (χ4n) is 4.36. The fraction of sp³-hybridized carbons (Fsp3) is 0.417. The van der Waals surface area contributed by atoms with Gasteiger partial charge in [0.25, 0.3) is 0 Å². The van der Waals surface area contributed by atoms with Gasteiger partial charge in [0.05, 0.1) is 12.2 Å². The molecule has 4 heterocycles. The van der Waals surface area contributed by atoms with Crippen molar-refractivity contribution < 1.29 is 27.4 Å². The number of amides is 1. The third kappa shape index (κ3) is 4.72. The highest BCUT2D eigenvalue weighted by Gasteiger charge is 2.33. The first-order chi connectivity index (χ1) is 16.8. The van der Waals surface area contributed by atoms with Gasteiger partial charge in [0.15, 0.2) is 12.1 Å². The summed E-state index contributed by atoms with van der Waals surface area (Å²) in [6.07, 6.45) is 0.940. The number of nitrogens with zero attached hydrogens (tertiary/aromatic N) is 4. The molecule has 1 unspecified atom stereocenters. The summed E-state index contributed by atoms with van der Waals surface area (Å²) in [5.74, 6) is 0.363. The summed E-state index contributed by atoms with van der Waals surface area (Å²) in [4.78, 5) is 18.2. The molecule has 1 amide bonds. The number of likely N-dealkylation sites (N-methyl/N-ethyl adjacent to an activating group) is 1. The van der Waals surface area contributed by atoms with Crippen molar-refractivity contribution in [1.82, 2.24) is 20.1 Å². The van der Waals surface area contributed by atoms with Crippen LogP contribution in [0.5, 0.6) is 5.75 Å². The highest BCUT2D eigenvalue weighted by molar-refractivity contribution is 6.01. The summed E-state index contributed by atoms with van der Waals surface area (Å²) in [7, 11) is 1.74. The Hall–Kier alpha value is -3.47. The van der Waals surface area contributed by atoms with E-state index in [0.29, 0.717) is 53.8 Å². The standard InChI is InChI=1S/C24H24F3N5O3/c1-32-10-8-18(23(32)33)29-22-17-13-28-9-7-15(17)21(30-31-22)16-6-5-14(24(25,26)27)12-19(16)35-20-4-2-3-11-34-20/h5-7,9,12-13,18,20H,2-4,8,10-11H2,1H3,(H,29,31)/t18-,20?/m1/s1. The van der Waals surface area contributed by atoms with Crippen LogP contribution >= 0.6 is 0 Å². The molecule has 184 valence electrons. The Balaban J connectivity index is 1.57. The number of alkyl halides is 3. The summed E-state index contributed by atoms with van der Waals surface area (Å²) < 4.78 is 52.0. The van der Waals surface area contributed by atoms with Crippen molar-refractivity contribution in [1.29, 1.82) is 0 Å². The number of ether oxygens (including phenoxy) is 2. The van der Waals surface area contributed by atoms with Gasteiger partial charge < -0.3 is 19.7 Å². The molecule has 2 saturated heterocycles. The molecule has 5 rings (SSSR count). The number of anilines is 1. The number of likely N-dealkylation sites (tertiary alicyclic amines) is 1. The molecule has 35 heavy (non-hydrogen) atoms. The Bertz CT molecular complexity index is 1250. The summed E-state index contributed by atoms with van der Waals surface area (Å²) in [5, 5.41) is 13.0. The van der Waals surface area contributed by atoms with Gasteiger partial charge in [-0.1, -0.05) is 0 Å². The topological polar surface area (TPSA) is 89.5 Å². The number of rotatable bonds is 5. The summed E-state index contributed by atoms with van der Waals surface area (Å²) in [6, 6.07) is 4.59. The van der Waals surface area contributed by atoms with E-state index >= 15 is 0 Å². The summed E-state index contributed by atoms with van der Waals surface area (Å²) in [5.41, 5.74) is -0.116. The van der Waals surface area contributed by atoms with Gasteiger partial charge in [-0.05, 0) is 43.5 Å². The van der Waals surface area contributed by atoms with E-state index < -0.39 is 24.1 Å². The van der Waals surface area contributed by atoms with E-state index in [2.05, 4.69) is 20.5 Å². The van der Waals surface area contributed by atoms with Gasteiger partial charge in [-0.25, -0.2) is 0 Å². The number of aromatic nitrogens is 3. The van der Waals surface area contributed by atoms with Crippen LogP contribution in [0.3, 0.4) is 0 Å². The Morgan fingerprint density at radius 1 is 1.14 bits per heavy atom. The Morgan fingerprint density at radius 3 is 2.71 bits per heavy atom. The summed E-state index contributed by atoms with van der Waals surface area (Å²) in [6.45, 7) is 1.12. The predicted octanol–water partition coefficient (Wildman–Crippen LogP) is 4.26. The zero-order valence-electron chi connectivity index (χ0n) is 19.0. The van der Waals surface area contributed by atoms with Crippen molar-refractivity contribution >= 4 is 22.5 Å². The van der Waals surface area contributed by atoms with Crippen LogP contribution in [0.15, 0.2) is 36.7 Å². The monoisotopic (exact) mass is 487 g/mol. The number of pyridine rings is 1. The number of nitrogens with one attached hydrogen (secondary N) is 1. The number of benzene rings is 1. The number of fused-ring (bicyclic) bond motifs is 1. The van der Waals surface area contributed by atoms with E-state index in [9.17, 15) is 18.0 Å². The molecule has 1 aromatic carbocycles. The van der Waals surface area contributed by atoms with Crippen molar-refractivity contribution in [2.24, 2.45) is 0 Å². The van der Waals surface area contributed by atoms with Crippen LogP contribution in [-0.2, 0) is 15.7 Å². The van der Waals surface area contributed by atoms with Crippen LogP contribution in [0.2, 0.25) is 0 Å². The van der Waals surface area contributed by atoms with Crippen molar-refractivity contribution in [2.45, 2.75) is 44.2 Å². The van der Waals surface area contributed by atoms with Crippen LogP contribution in [0.4, 0.5) is 19.0 Å². The maximum absolute atomic E-state index is 13.5. The zero-order chi connectivity index (χ0) is 24.6. The maximum Gasteiger partial charge on any atom is 0.416 e. The lowest BCUT2D eigenvalue weighted by Crippen LogP contribution is -2.31. The molecule has 2 aliphatic heterocycles. The maximum atomic E-state index is 13.5. The van der Waals surface area contributed by atoms with Crippen molar-refractivity contribution in [3.8, 4) is 17.0 Å². The van der Waals surface area contributed by atoms with Crippen molar-refractivity contribution in [3.63, 3.8) is 0 Å². The minimum Gasteiger partial charge on any atom is -0.464 e. The van der Waals surface area contributed by atoms with Crippen molar-refractivity contribution in [2.75, 3.05) is 25.5 Å². The van der Waals surface area contributed by atoms with E-state index in [1.807, 2.05) is 0 Å². The van der Waals surface area contributed by atoms with Gasteiger partial charge in [0.1, 0.15) is 17.5 Å². The molecule has 2 aromatic heterocycles. The average molecular weight is 487 g/mol. The summed E-state index contributed by atoms with van der Waals surface area (Å²) >= 11 is 0. The highest BCUT2D eigenvalue weighted by atomic mass is 19.4. The van der Waals surface area contributed by atoms with E-state index in [1.165, 1.54) is 6.07 Å². The van der Waals surface area contributed by atoms with E-state index in [-0.39, 0.29) is 11.7 Å². The number of carbonyl (C=O) groups excluding carboxylic acids is 1. The third-order valence-electron chi connectivity index (χ3n) is 6.28. The fourth-order valence-corrected chi connectivity index (χ4v) is 4.36. The van der Waals surface area contributed by atoms with Gasteiger partial charge in [-0.3, -0.25) is 9.78 Å². The molecule has 0 spiro atoms. The van der Waals surface area contributed by atoms with Crippen molar-refractivity contribution in [3.05, 3.63) is 42.2 Å². The van der Waals surface area contributed by atoms with Crippen LogP contribution in [-0.4, -0.2) is 58.5 Å². The average Bonchev–Trinajstić information content (AvgIpc) is 3.17. The Labute approximate surface area is 199 Å². The molecule has 0 aliphatic carbocycles. The molecule has 2 atom stereocenters.